The monoisotopic (exact) mass is 214 g/mol. The van der Waals surface area contributed by atoms with Gasteiger partial charge in [-0.1, -0.05) is 34.6 Å². The average Bonchev–Trinajstić information content (AvgIpc) is 2.10. The molecule has 0 aliphatic rings. The number of nitrogens with one attached hydrogen (secondary N) is 1. The Bertz CT molecular complexity index is 170. The van der Waals surface area contributed by atoms with E-state index in [0.717, 1.165) is 6.54 Å². The number of likely N-dealkylation sites (N-methyl/N-ethyl adjacent to an activating group) is 2. The summed E-state index contributed by atoms with van der Waals surface area (Å²) in [7, 11) is 4.28. The third-order valence-corrected chi connectivity index (χ3v) is 3.57. The van der Waals surface area contributed by atoms with Crippen LogP contribution in [0.25, 0.3) is 0 Å². The van der Waals surface area contributed by atoms with Crippen LogP contribution in [0.4, 0.5) is 0 Å². The summed E-state index contributed by atoms with van der Waals surface area (Å²) in [6.07, 6.45) is 0. The molecular formula is C13H30N2. The maximum Gasteiger partial charge on any atom is 0.0214 e. The van der Waals surface area contributed by atoms with E-state index in [-0.39, 0.29) is 0 Å². The first-order valence-electron chi connectivity index (χ1n) is 6.07. The van der Waals surface area contributed by atoms with Gasteiger partial charge in [0.15, 0.2) is 0 Å². The van der Waals surface area contributed by atoms with Crippen LogP contribution in [0.1, 0.15) is 41.5 Å². The van der Waals surface area contributed by atoms with Gasteiger partial charge in [-0.25, -0.2) is 0 Å². The van der Waals surface area contributed by atoms with Crippen molar-refractivity contribution < 1.29 is 0 Å². The molecule has 2 heteroatoms. The molecule has 2 atom stereocenters. The summed E-state index contributed by atoms with van der Waals surface area (Å²) >= 11 is 0. The van der Waals surface area contributed by atoms with Crippen LogP contribution in [0.15, 0.2) is 0 Å². The van der Waals surface area contributed by atoms with E-state index in [9.17, 15) is 0 Å². The van der Waals surface area contributed by atoms with E-state index in [1.165, 1.54) is 0 Å². The van der Waals surface area contributed by atoms with Crippen molar-refractivity contribution in [2.24, 2.45) is 11.3 Å². The first-order chi connectivity index (χ1) is 6.70. The van der Waals surface area contributed by atoms with Gasteiger partial charge in [-0.3, -0.25) is 0 Å². The third kappa shape index (κ3) is 4.98. The highest BCUT2D eigenvalue weighted by Crippen LogP contribution is 2.23. The molecule has 0 fully saturated rings. The lowest BCUT2D eigenvalue weighted by molar-refractivity contribution is 0.122. The molecule has 0 aliphatic carbocycles. The lowest BCUT2D eigenvalue weighted by Gasteiger charge is -2.38. The minimum absolute atomic E-state index is 0.351. The molecule has 0 radical (unpaired) electrons. The molecule has 0 rings (SSSR count). The highest BCUT2D eigenvalue weighted by Gasteiger charge is 2.25. The first-order valence-corrected chi connectivity index (χ1v) is 6.07. The van der Waals surface area contributed by atoms with Crippen LogP contribution >= 0.6 is 0 Å². The van der Waals surface area contributed by atoms with Crippen LogP contribution < -0.4 is 5.32 Å². The minimum atomic E-state index is 0.351. The molecule has 0 aliphatic heterocycles. The highest BCUT2D eigenvalue weighted by molar-refractivity contribution is 4.81. The van der Waals surface area contributed by atoms with E-state index < -0.39 is 0 Å². The Labute approximate surface area is 96.4 Å². The second kappa shape index (κ2) is 5.86. The molecule has 2 unspecified atom stereocenters. The molecule has 0 spiro atoms. The van der Waals surface area contributed by atoms with E-state index in [0.29, 0.717) is 23.4 Å². The van der Waals surface area contributed by atoms with Crippen molar-refractivity contribution >= 4 is 0 Å². The van der Waals surface area contributed by atoms with Crippen LogP contribution in [-0.4, -0.2) is 37.6 Å². The van der Waals surface area contributed by atoms with Crippen molar-refractivity contribution in [1.29, 1.82) is 0 Å². The van der Waals surface area contributed by atoms with Crippen molar-refractivity contribution in [1.82, 2.24) is 10.2 Å². The number of hydrogen-bond donors (Lipinski definition) is 1. The van der Waals surface area contributed by atoms with Gasteiger partial charge in [-0.2, -0.15) is 0 Å². The Morgan fingerprint density at radius 1 is 1.13 bits per heavy atom. The maximum absolute atomic E-state index is 3.40. The van der Waals surface area contributed by atoms with Gasteiger partial charge >= 0.3 is 0 Å². The second-order valence-electron chi connectivity index (χ2n) is 6.12. The van der Waals surface area contributed by atoms with E-state index in [4.69, 9.17) is 0 Å². The van der Waals surface area contributed by atoms with Gasteiger partial charge in [-0.15, -0.1) is 0 Å². The molecule has 0 saturated heterocycles. The van der Waals surface area contributed by atoms with Crippen LogP contribution in [0.2, 0.25) is 0 Å². The second-order valence-corrected chi connectivity index (χ2v) is 6.12. The lowest BCUT2D eigenvalue weighted by Crippen LogP contribution is -2.47. The van der Waals surface area contributed by atoms with E-state index in [1.807, 2.05) is 0 Å². The molecule has 0 saturated carbocycles. The lowest BCUT2D eigenvalue weighted by atomic mass is 9.86. The SMILES string of the molecule is CNC(CN(C)C(C)C(C)(C)C)C(C)C. The zero-order valence-corrected chi connectivity index (χ0v) is 11.9. The number of nitrogens with zero attached hydrogens (tertiary/aromatic N) is 1. The fourth-order valence-corrected chi connectivity index (χ4v) is 1.76. The van der Waals surface area contributed by atoms with Crippen molar-refractivity contribution in [3.63, 3.8) is 0 Å². The zero-order valence-electron chi connectivity index (χ0n) is 11.9. The van der Waals surface area contributed by atoms with Gasteiger partial charge in [0.1, 0.15) is 0 Å². The molecule has 2 nitrogen and oxygen atoms in total. The third-order valence-electron chi connectivity index (χ3n) is 3.57. The summed E-state index contributed by atoms with van der Waals surface area (Å²) in [6.45, 7) is 14.9. The van der Waals surface area contributed by atoms with Gasteiger partial charge in [-0.05, 0) is 32.4 Å². The normalized spacial score (nSPS) is 17.2. The smallest absolute Gasteiger partial charge is 0.0214 e. The molecule has 0 bridgehead atoms. The molecule has 0 heterocycles. The van der Waals surface area contributed by atoms with Crippen molar-refractivity contribution in [2.45, 2.75) is 53.6 Å². The summed E-state index contributed by atoms with van der Waals surface area (Å²) in [4.78, 5) is 2.46. The zero-order chi connectivity index (χ0) is 12.2. The fraction of sp³-hybridized carbons (Fsp3) is 1.00. The summed E-state index contributed by atoms with van der Waals surface area (Å²) < 4.78 is 0. The quantitative estimate of drug-likeness (QED) is 0.757. The first kappa shape index (κ1) is 14.9. The van der Waals surface area contributed by atoms with Crippen LogP contribution in [0, 0.1) is 11.3 Å². The fourth-order valence-electron chi connectivity index (χ4n) is 1.76. The van der Waals surface area contributed by atoms with Crippen LogP contribution in [0.5, 0.6) is 0 Å². The minimum Gasteiger partial charge on any atom is -0.315 e. The Morgan fingerprint density at radius 3 is 1.87 bits per heavy atom. The molecule has 1 N–H and O–H groups in total. The Balaban J connectivity index is 4.28. The summed E-state index contributed by atoms with van der Waals surface area (Å²) in [6, 6.07) is 1.19. The maximum atomic E-state index is 3.40. The number of hydrogen-bond acceptors (Lipinski definition) is 2. The molecule has 0 aromatic heterocycles. The standard InChI is InChI=1S/C13H30N2/c1-10(2)12(14-7)9-15(8)11(3)13(4,5)6/h10-12,14H,9H2,1-8H3. The van der Waals surface area contributed by atoms with Gasteiger partial charge in [0.05, 0.1) is 0 Å². The molecule has 0 aromatic rings. The van der Waals surface area contributed by atoms with Crippen molar-refractivity contribution in [2.75, 3.05) is 20.6 Å². The van der Waals surface area contributed by atoms with Crippen LogP contribution in [-0.2, 0) is 0 Å². The Morgan fingerprint density at radius 2 is 1.60 bits per heavy atom. The van der Waals surface area contributed by atoms with E-state index in [1.54, 1.807) is 0 Å². The van der Waals surface area contributed by atoms with Gasteiger partial charge in [0, 0.05) is 18.6 Å². The van der Waals surface area contributed by atoms with Gasteiger partial charge < -0.3 is 10.2 Å². The Hall–Kier alpha value is -0.0800. The predicted molar refractivity (Wildman–Crippen MR) is 69.2 cm³/mol. The van der Waals surface area contributed by atoms with E-state index >= 15 is 0 Å². The topological polar surface area (TPSA) is 15.3 Å². The Kier molecular flexibility index (Phi) is 5.82. The average molecular weight is 214 g/mol. The molecule has 0 amide bonds. The molecule has 0 aromatic carbocycles. The number of rotatable bonds is 5. The van der Waals surface area contributed by atoms with Crippen molar-refractivity contribution in [3.05, 3.63) is 0 Å². The largest absolute Gasteiger partial charge is 0.315 e. The van der Waals surface area contributed by atoms with Crippen molar-refractivity contribution in [3.8, 4) is 0 Å². The van der Waals surface area contributed by atoms with Gasteiger partial charge in [0.25, 0.3) is 0 Å². The molecule has 15 heavy (non-hydrogen) atoms. The van der Waals surface area contributed by atoms with Gasteiger partial charge in [0.2, 0.25) is 0 Å². The summed E-state index contributed by atoms with van der Waals surface area (Å²) in [5.41, 5.74) is 0.351. The van der Waals surface area contributed by atoms with Crippen LogP contribution in [0.3, 0.4) is 0 Å². The molecule has 92 valence electrons. The predicted octanol–water partition coefficient (Wildman–Crippen LogP) is 2.60. The van der Waals surface area contributed by atoms with E-state index in [2.05, 4.69) is 65.9 Å². The highest BCUT2D eigenvalue weighted by atomic mass is 15.2. The summed E-state index contributed by atoms with van der Waals surface area (Å²) in [5.74, 6) is 0.685. The summed E-state index contributed by atoms with van der Waals surface area (Å²) in [5, 5.41) is 3.40. The molecular weight excluding hydrogens is 184 g/mol.